The third kappa shape index (κ3) is 5.37. The number of aliphatic imine (C=N–C) groups is 1. The molecule has 0 atom stereocenters. The van der Waals surface area contributed by atoms with E-state index in [4.69, 9.17) is 5.84 Å². The first-order chi connectivity index (χ1) is 8.15. The van der Waals surface area contributed by atoms with Gasteiger partial charge in [0.2, 0.25) is 5.96 Å². The van der Waals surface area contributed by atoms with Crippen LogP contribution in [0.2, 0.25) is 0 Å². The summed E-state index contributed by atoms with van der Waals surface area (Å²) >= 11 is 0. The minimum absolute atomic E-state index is 0.352. The summed E-state index contributed by atoms with van der Waals surface area (Å²) in [6, 6.07) is 0.755. The van der Waals surface area contributed by atoms with Crippen molar-refractivity contribution in [2.75, 3.05) is 19.6 Å². The van der Waals surface area contributed by atoms with Crippen LogP contribution < -0.4 is 16.6 Å². The molecule has 1 saturated heterocycles. The van der Waals surface area contributed by atoms with Gasteiger partial charge in [0, 0.05) is 19.1 Å². The maximum atomic E-state index is 5.46. The van der Waals surface area contributed by atoms with Crippen molar-refractivity contribution in [3.63, 3.8) is 0 Å². The standard InChI is InChI=1S/C12H27N5/c1-4-7-17-8-5-11(6-9-17)15-12(16-13)14-10(2)3/h10-11H,4-9,13H2,1-3H3,(H2,14,15,16). The van der Waals surface area contributed by atoms with Gasteiger partial charge in [0.1, 0.15) is 0 Å². The molecule has 17 heavy (non-hydrogen) atoms. The molecule has 0 aromatic heterocycles. The molecule has 1 fully saturated rings. The van der Waals surface area contributed by atoms with Gasteiger partial charge in [-0.3, -0.25) is 5.43 Å². The monoisotopic (exact) mass is 241 g/mol. The quantitative estimate of drug-likeness (QED) is 0.293. The maximum absolute atomic E-state index is 5.46. The summed E-state index contributed by atoms with van der Waals surface area (Å²) in [6.07, 6.45) is 3.49. The Bertz CT molecular complexity index is 231. The molecular weight excluding hydrogens is 214 g/mol. The number of hydrogen-bond donors (Lipinski definition) is 3. The van der Waals surface area contributed by atoms with Crippen LogP contribution in [0.1, 0.15) is 40.0 Å². The highest BCUT2D eigenvalue weighted by Gasteiger charge is 2.18. The molecule has 0 aromatic carbocycles. The minimum atomic E-state index is 0.352. The summed E-state index contributed by atoms with van der Waals surface area (Å²) in [6.45, 7) is 9.91. The lowest BCUT2D eigenvalue weighted by Crippen LogP contribution is -2.46. The van der Waals surface area contributed by atoms with Gasteiger partial charge >= 0.3 is 0 Å². The molecular formula is C12H27N5. The molecule has 0 aliphatic carbocycles. The maximum Gasteiger partial charge on any atom is 0.206 e. The van der Waals surface area contributed by atoms with E-state index in [-0.39, 0.29) is 0 Å². The van der Waals surface area contributed by atoms with Gasteiger partial charge in [0.05, 0.1) is 6.04 Å². The highest BCUT2D eigenvalue weighted by molar-refractivity contribution is 5.79. The fourth-order valence-corrected chi connectivity index (χ4v) is 2.16. The van der Waals surface area contributed by atoms with Gasteiger partial charge in [-0.15, -0.1) is 0 Å². The fourth-order valence-electron chi connectivity index (χ4n) is 2.16. The molecule has 1 aliphatic heterocycles. The van der Waals surface area contributed by atoms with Crippen molar-refractivity contribution in [2.45, 2.75) is 52.1 Å². The van der Waals surface area contributed by atoms with E-state index in [0.29, 0.717) is 18.0 Å². The van der Waals surface area contributed by atoms with Gasteiger partial charge in [-0.05, 0) is 39.7 Å². The molecule has 0 spiro atoms. The Labute approximate surface area is 105 Å². The molecule has 0 bridgehead atoms. The van der Waals surface area contributed by atoms with Crippen LogP contribution in [0.3, 0.4) is 0 Å². The number of nitrogens with zero attached hydrogens (tertiary/aromatic N) is 2. The van der Waals surface area contributed by atoms with E-state index in [2.05, 4.69) is 41.4 Å². The normalized spacial score (nSPS) is 19.7. The number of likely N-dealkylation sites (tertiary alicyclic amines) is 1. The van der Waals surface area contributed by atoms with Crippen LogP contribution in [0, 0.1) is 0 Å². The number of guanidine groups is 1. The first-order valence-electron chi connectivity index (χ1n) is 6.69. The average molecular weight is 241 g/mol. The number of hydrogen-bond acceptors (Lipinski definition) is 3. The summed E-state index contributed by atoms with van der Waals surface area (Å²) in [5, 5.41) is 3.21. The van der Waals surface area contributed by atoms with Crippen molar-refractivity contribution in [3.8, 4) is 0 Å². The lowest BCUT2D eigenvalue weighted by atomic mass is 10.1. The molecule has 0 amide bonds. The summed E-state index contributed by atoms with van der Waals surface area (Å²) in [5.74, 6) is 6.18. The van der Waals surface area contributed by atoms with E-state index in [1.807, 2.05) is 0 Å². The predicted molar refractivity (Wildman–Crippen MR) is 72.8 cm³/mol. The largest absolute Gasteiger partial charge is 0.353 e. The molecule has 1 aliphatic rings. The van der Waals surface area contributed by atoms with Crippen LogP contribution in [0.5, 0.6) is 0 Å². The summed E-state index contributed by atoms with van der Waals surface area (Å²) in [4.78, 5) is 7.14. The van der Waals surface area contributed by atoms with Gasteiger partial charge < -0.3 is 10.2 Å². The molecule has 1 heterocycles. The van der Waals surface area contributed by atoms with Crippen molar-refractivity contribution in [1.82, 2.24) is 15.6 Å². The fraction of sp³-hybridized carbons (Fsp3) is 0.917. The summed E-state index contributed by atoms with van der Waals surface area (Å²) < 4.78 is 0. The highest BCUT2D eigenvalue weighted by Crippen LogP contribution is 2.13. The van der Waals surface area contributed by atoms with E-state index in [9.17, 15) is 0 Å². The average Bonchev–Trinajstić information content (AvgIpc) is 2.30. The van der Waals surface area contributed by atoms with Gasteiger partial charge in [-0.25, -0.2) is 10.8 Å². The molecule has 0 unspecified atom stereocenters. The molecule has 4 N–H and O–H groups in total. The second kappa shape index (κ2) is 7.50. The lowest BCUT2D eigenvalue weighted by Gasteiger charge is -2.30. The summed E-state index contributed by atoms with van der Waals surface area (Å²) in [5.41, 5.74) is 2.64. The molecule has 1 rings (SSSR count). The number of nitrogens with one attached hydrogen (secondary N) is 2. The minimum Gasteiger partial charge on any atom is -0.353 e. The van der Waals surface area contributed by atoms with Crippen LogP contribution in [0.25, 0.3) is 0 Å². The Morgan fingerprint density at radius 2 is 2.06 bits per heavy atom. The van der Waals surface area contributed by atoms with E-state index in [1.54, 1.807) is 0 Å². The Balaban J connectivity index is 2.39. The number of hydrazine groups is 1. The predicted octanol–water partition coefficient (Wildman–Crippen LogP) is 0.678. The molecule has 0 saturated carbocycles. The van der Waals surface area contributed by atoms with Crippen LogP contribution in [-0.2, 0) is 0 Å². The van der Waals surface area contributed by atoms with E-state index in [1.165, 1.54) is 13.0 Å². The molecule has 100 valence electrons. The van der Waals surface area contributed by atoms with Gasteiger partial charge in [-0.2, -0.15) is 0 Å². The SMILES string of the molecule is CCCN1CCC(N=C(NN)NC(C)C)CC1. The zero-order valence-corrected chi connectivity index (χ0v) is 11.4. The van der Waals surface area contributed by atoms with Crippen LogP contribution >= 0.6 is 0 Å². The van der Waals surface area contributed by atoms with Crippen molar-refractivity contribution >= 4 is 5.96 Å². The molecule has 0 radical (unpaired) electrons. The Kier molecular flexibility index (Phi) is 6.29. The van der Waals surface area contributed by atoms with Crippen LogP contribution in [0.15, 0.2) is 4.99 Å². The highest BCUT2D eigenvalue weighted by atomic mass is 15.3. The van der Waals surface area contributed by atoms with Gasteiger partial charge in [0.25, 0.3) is 0 Å². The lowest BCUT2D eigenvalue weighted by molar-refractivity contribution is 0.214. The van der Waals surface area contributed by atoms with E-state index in [0.717, 1.165) is 25.9 Å². The third-order valence-corrected chi connectivity index (χ3v) is 2.97. The smallest absolute Gasteiger partial charge is 0.206 e. The Hall–Kier alpha value is -0.810. The number of piperidine rings is 1. The van der Waals surface area contributed by atoms with Crippen molar-refractivity contribution in [2.24, 2.45) is 10.8 Å². The molecule has 0 aromatic rings. The topological polar surface area (TPSA) is 65.7 Å². The summed E-state index contributed by atoms with van der Waals surface area (Å²) in [7, 11) is 0. The van der Waals surface area contributed by atoms with Crippen molar-refractivity contribution in [3.05, 3.63) is 0 Å². The Morgan fingerprint density at radius 3 is 2.53 bits per heavy atom. The van der Waals surface area contributed by atoms with Gasteiger partial charge in [0.15, 0.2) is 0 Å². The van der Waals surface area contributed by atoms with Crippen LogP contribution in [-0.4, -0.2) is 42.6 Å². The van der Waals surface area contributed by atoms with Crippen molar-refractivity contribution < 1.29 is 0 Å². The second-order valence-electron chi connectivity index (χ2n) is 4.99. The Morgan fingerprint density at radius 1 is 1.41 bits per heavy atom. The zero-order chi connectivity index (χ0) is 12.7. The molecule has 5 nitrogen and oxygen atoms in total. The number of nitrogens with two attached hydrogens (primary N) is 1. The van der Waals surface area contributed by atoms with Crippen LogP contribution in [0.4, 0.5) is 0 Å². The molecule has 5 heteroatoms. The van der Waals surface area contributed by atoms with Gasteiger partial charge in [-0.1, -0.05) is 6.92 Å². The first kappa shape index (κ1) is 14.3. The zero-order valence-electron chi connectivity index (χ0n) is 11.4. The number of rotatable bonds is 4. The second-order valence-corrected chi connectivity index (χ2v) is 4.99. The van der Waals surface area contributed by atoms with E-state index >= 15 is 0 Å². The van der Waals surface area contributed by atoms with E-state index < -0.39 is 0 Å². The third-order valence-electron chi connectivity index (χ3n) is 2.97. The first-order valence-corrected chi connectivity index (χ1v) is 6.69. The van der Waals surface area contributed by atoms with Crippen molar-refractivity contribution in [1.29, 1.82) is 0 Å².